The van der Waals surface area contributed by atoms with Crippen molar-refractivity contribution in [2.24, 2.45) is 0 Å². The Hall–Kier alpha value is -1.13. The zero-order valence-electron chi connectivity index (χ0n) is 13.1. The van der Waals surface area contributed by atoms with Crippen LogP contribution in [0.3, 0.4) is 0 Å². The van der Waals surface area contributed by atoms with Gasteiger partial charge in [0, 0.05) is 44.1 Å². The van der Waals surface area contributed by atoms with Crippen LogP contribution in [-0.4, -0.2) is 49.7 Å². The normalized spacial score (nSPS) is 14.8. The predicted molar refractivity (Wildman–Crippen MR) is 85.2 cm³/mol. The van der Waals surface area contributed by atoms with E-state index >= 15 is 0 Å². The lowest BCUT2D eigenvalue weighted by Gasteiger charge is -2.26. The number of likely N-dealkylation sites (N-methyl/N-ethyl adjacent to an activating group) is 1. The number of pyridine rings is 1. The van der Waals surface area contributed by atoms with Gasteiger partial charge in [0.25, 0.3) is 0 Å². The van der Waals surface area contributed by atoms with Gasteiger partial charge in [0.05, 0.1) is 5.69 Å². The van der Waals surface area contributed by atoms with Crippen LogP contribution >= 0.6 is 0 Å². The summed E-state index contributed by atoms with van der Waals surface area (Å²) >= 11 is 0. The van der Waals surface area contributed by atoms with E-state index in [1.165, 1.54) is 24.9 Å². The highest BCUT2D eigenvalue weighted by Gasteiger charge is 2.20. The fourth-order valence-electron chi connectivity index (χ4n) is 2.26. The summed E-state index contributed by atoms with van der Waals surface area (Å²) in [6, 6.07) is 5.10. The molecule has 1 aromatic rings. The Bertz CT molecular complexity index is 401. The van der Waals surface area contributed by atoms with Crippen molar-refractivity contribution in [2.45, 2.75) is 38.8 Å². The first-order valence-electron chi connectivity index (χ1n) is 7.77. The van der Waals surface area contributed by atoms with E-state index in [1.807, 2.05) is 6.20 Å². The van der Waals surface area contributed by atoms with Gasteiger partial charge in [-0.25, -0.2) is 0 Å². The Balaban J connectivity index is 1.96. The second-order valence-electron chi connectivity index (χ2n) is 5.95. The number of nitrogens with one attached hydrogen (secondary N) is 1. The zero-order chi connectivity index (χ0) is 14.4. The Labute approximate surface area is 123 Å². The first-order valence-corrected chi connectivity index (χ1v) is 7.77. The van der Waals surface area contributed by atoms with E-state index < -0.39 is 0 Å². The van der Waals surface area contributed by atoms with Crippen LogP contribution in [0.4, 0.5) is 5.69 Å². The summed E-state index contributed by atoms with van der Waals surface area (Å²) in [5, 5.41) is 3.53. The minimum atomic E-state index is 0.737. The lowest BCUT2D eigenvalue weighted by Crippen LogP contribution is -2.32. The van der Waals surface area contributed by atoms with Crippen molar-refractivity contribution in [1.29, 1.82) is 0 Å². The summed E-state index contributed by atoms with van der Waals surface area (Å²) in [5.41, 5.74) is 2.46. The van der Waals surface area contributed by atoms with Crippen molar-refractivity contribution in [3.8, 4) is 0 Å². The fourth-order valence-corrected chi connectivity index (χ4v) is 2.26. The lowest BCUT2D eigenvalue weighted by atomic mass is 10.2. The molecule has 0 bridgehead atoms. The average Bonchev–Trinajstić information content (AvgIpc) is 3.25. The van der Waals surface area contributed by atoms with E-state index in [9.17, 15) is 0 Å². The number of hydrogen-bond donors (Lipinski definition) is 1. The molecule has 1 N–H and O–H groups in total. The van der Waals surface area contributed by atoms with Gasteiger partial charge in [-0.2, -0.15) is 0 Å². The Morgan fingerprint density at radius 2 is 2.05 bits per heavy atom. The number of nitrogens with zero attached hydrogens (tertiary/aromatic N) is 3. The molecule has 2 rings (SSSR count). The van der Waals surface area contributed by atoms with Gasteiger partial charge in [-0.05, 0) is 45.5 Å². The van der Waals surface area contributed by atoms with Crippen LogP contribution in [0.1, 0.15) is 31.9 Å². The third-order valence-electron chi connectivity index (χ3n) is 3.63. The van der Waals surface area contributed by atoms with Crippen LogP contribution in [0.15, 0.2) is 18.3 Å². The summed E-state index contributed by atoms with van der Waals surface area (Å²) in [7, 11) is 4.25. The van der Waals surface area contributed by atoms with Gasteiger partial charge in [-0.15, -0.1) is 0 Å². The molecule has 0 amide bonds. The van der Waals surface area contributed by atoms with Crippen molar-refractivity contribution in [3.05, 3.63) is 24.0 Å². The molecule has 20 heavy (non-hydrogen) atoms. The highest BCUT2D eigenvalue weighted by molar-refractivity contribution is 5.46. The highest BCUT2D eigenvalue weighted by Crippen LogP contribution is 2.20. The van der Waals surface area contributed by atoms with Crippen molar-refractivity contribution >= 4 is 5.69 Å². The van der Waals surface area contributed by atoms with E-state index in [-0.39, 0.29) is 0 Å². The number of anilines is 1. The standard InChI is InChI=1S/C16H28N4/c1-4-9-20(11-10-19(2)3)16-7-8-17-15(12-16)13-18-14-5-6-14/h7-8,12,14,18H,4-6,9-11,13H2,1-3H3. The number of aromatic nitrogens is 1. The van der Waals surface area contributed by atoms with E-state index in [4.69, 9.17) is 0 Å². The largest absolute Gasteiger partial charge is 0.370 e. The molecule has 1 fully saturated rings. The smallest absolute Gasteiger partial charge is 0.0562 e. The summed E-state index contributed by atoms with van der Waals surface area (Å²) in [5.74, 6) is 0. The first-order chi connectivity index (χ1) is 9.69. The second-order valence-corrected chi connectivity index (χ2v) is 5.95. The molecule has 112 valence electrons. The molecule has 0 spiro atoms. The molecule has 0 radical (unpaired) electrons. The summed E-state index contributed by atoms with van der Waals surface area (Å²) in [6.07, 6.45) is 5.76. The van der Waals surface area contributed by atoms with E-state index in [0.717, 1.165) is 37.9 Å². The second kappa shape index (κ2) is 7.60. The predicted octanol–water partition coefficient (Wildman–Crippen LogP) is 2.11. The van der Waals surface area contributed by atoms with Gasteiger partial charge < -0.3 is 15.1 Å². The molecular weight excluding hydrogens is 248 g/mol. The fraction of sp³-hybridized carbons (Fsp3) is 0.688. The highest BCUT2D eigenvalue weighted by atomic mass is 15.2. The monoisotopic (exact) mass is 276 g/mol. The van der Waals surface area contributed by atoms with Gasteiger partial charge in [-0.3, -0.25) is 4.98 Å². The molecule has 1 saturated carbocycles. The maximum Gasteiger partial charge on any atom is 0.0562 e. The van der Waals surface area contributed by atoms with Crippen LogP contribution in [0.25, 0.3) is 0 Å². The van der Waals surface area contributed by atoms with Gasteiger partial charge in [0.15, 0.2) is 0 Å². The molecule has 0 unspecified atom stereocenters. The lowest BCUT2D eigenvalue weighted by molar-refractivity contribution is 0.413. The molecule has 4 nitrogen and oxygen atoms in total. The Kier molecular flexibility index (Phi) is 5.80. The third-order valence-corrected chi connectivity index (χ3v) is 3.63. The average molecular weight is 276 g/mol. The maximum atomic E-state index is 4.48. The first kappa shape index (κ1) is 15.3. The van der Waals surface area contributed by atoms with Crippen LogP contribution in [0.5, 0.6) is 0 Å². The molecular formula is C16H28N4. The van der Waals surface area contributed by atoms with Crippen molar-refractivity contribution in [3.63, 3.8) is 0 Å². The number of hydrogen-bond acceptors (Lipinski definition) is 4. The van der Waals surface area contributed by atoms with E-state index in [0.29, 0.717) is 0 Å². The van der Waals surface area contributed by atoms with E-state index in [2.05, 4.69) is 53.3 Å². The molecule has 0 aliphatic heterocycles. The maximum absolute atomic E-state index is 4.48. The molecule has 1 aromatic heterocycles. The molecule has 0 saturated heterocycles. The van der Waals surface area contributed by atoms with Gasteiger partial charge in [0.1, 0.15) is 0 Å². The zero-order valence-corrected chi connectivity index (χ0v) is 13.1. The van der Waals surface area contributed by atoms with Crippen LogP contribution in [0.2, 0.25) is 0 Å². The topological polar surface area (TPSA) is 31.4 Å². The summed E-state index contributed by atoms with van der Waals surface area (Å²) in [4.78, 5) is 9.17. The van der Waals surface area contributed by atoms with Crippen LogP contribution in [-0.2, 0) is 6.54 Å². The third kappa shape index (κ3) is 5.10. The van der Waals surface area contributed by atoms with Crippen LogP contribution in [0, 0.1) is 0 Å². The van der Waals surface area contributed by atoms with Gasteiger partial charge >= 0.3 is 0 Å². The Morgan fingerprint density at radius 3 is 2.70 bits per heavy atom. The van der Waals surface area contributed by atoms with E-state index in [1.54, 1.807) is 0 Å². The summed E-state index contributed by atoms with van der Waals surface area (Å²) < 4.78 is 0. The van der Waals surface area contributed by atoms with Crippen molar-refractivity contribution in [1.82, 2.24) is 15.2 Å². The molecule has 1 heterocycles. The molecule has 4 heteroatoms. The SMILES string of the molecule is CCCN(CCN(C)C)c1ccnc(CNC2CC2)c1. The van der Waals surface area contributed by atoms with Crippen molar-refractivity contribution < 1.29 is 0 Å². The minimum absolute atomic E-state index is 0.737. The van der Waals surface area contributed by atoms with Crippen molar-refractivity contribution in [2.75, 3.05) is 38.6 Å². The molecule has 1 aliphatic rings. The van der Waals surface area contributed by atoms with Crippen LogP contribution < -0.4 is 10.2 Å². The van der Waals surface area contributed by atoms with Gasteiger partial charge in [-0.1, -0.05) is 6.92 Å². The quantitative estimate of drug-likeness (QED) is 0.748. The molecule has 0 aromatic carbocycles. The minimum Gasteiger partial charge on any atom is -0.370 e. The Morgan fingerprint density at radius 1 is 1.25 bits per heavy atom. The molecule has 0 atom stereocenters. The summed E-state index contributed by atoms with van der Waals surface area (Å²) in [6.45, 7) is 6.39. The molecule has 1 aliphatic carbocycles. The number of rotatable bonds is 9. The van der Waals surface area contributed by atoms with Gasteiger partial charge in [0.2, 0.25) is 0 Å².